The molecule has 1 heterocycles. The molecule has 1 aromatic heterocycles. The summed E-state index contributed by atoms with van der Waals surface area (Å²) in [4.78, 5) is 14.9. The van der Waals surface area contributed by atoms with Crippen LogP contribution in [0.1, 0.15) is 12.0 Å². The SMILES string of the molecule is O=C=C(CCNNc1ccc(Br)cc1)c1ccncc1. The van der Waals surface area contributed by atoms with Gasteiger partial charge in [0.25, 0.3) is 0 Å². The zero-order valence-corrected chi connectivity index (χ0v) is 12.4. The summed E-state index contributed by atoms with van der Waals surface area (Å²) in [5, 5.41) is 0. The Hall–Kier alpha value is -1.94. The molecule has 2 rings (SSSR count). The highest BCUT2D eigenvalue weighted by Crippen LogP contribution is 2.14. The van der Waals surface area contributed by atoms with Crippen molar-refractivity contribution < 1.29 is 4.79 Å². The van der Waals surface area contributed by atoms with E-state index < -0.39 is 0 Å². The summed E-state index contributed by atoms with van der Waals surface area (Å²) in [5.74, 6) is 1.99. The molecule has 0 saturated carbocycles. The van der Waals surface area contributed by atoms with Gasteiger partial charge in [-0.2, -0.15) is 0 Å². The number of nitrogens with zero attached hydrogens (tertiary/aromatic N) is 1. The van der Waals surface area contributed by atoms with Gasteiger partial charge in [-0.3, -0.25) is 4.98 Å². The maximum atomic E-state index is 11.0. The number of hydrogen-bond acceptors (Lipinski definition) is 4. The van der Waals surface area contributed by atoms with Crippen LogP contribution in [0.4, 0.5) is 5.69 Å². The second-order valence-corrected chi connectivity index (χ2v) is 5.04. The summed E-state index contributed by atoms with van der Waals surface area (Å²) < 4.78 is 1.03. The Balaban J connectivity index is 1.81. The van der Waals surface area contributed by atoms with Crippen molar-refractivity contribution in [1.82, 2.24) is 10.4 Å². The number of rotatable bonds is 6. The molecule has 4 nitrogen and oxygen atoms in total. The molecule has 2 aromatic rings. The van der Waals surface area contributed by atoms with E-state index >= 15 is 0 Å². The minimum Gasteiger partial charge on any atom is -0.321 e. The molecule has 0 unspecified atom stereocenters. The molecule has 2 N–H and O–H groups in total. The number of anilines is 1. The topological polar surface area (TPSA) is 54.0 Å². The second-order valence-electron chi connectivity index (χ2n) is 4.13. The van der Waals surface area contributed by atoms with E-state index in [1.54, 1.807) is 12.4 Å². The van der Waals surface area contributed by atoms with Crippen LogP contribution in [0, 0.1) is 0 Å². The first kappa shape index (κ1) is 14.5. The predicted molar refractivity (Wildman–Crippen MR) is 83.7 cm³/mol. The third-order valence-electron chi connectivity index (χ3n) is 2.73. The maximum Gasteiger partial charge on any atom is 0.128 e. The number of pyridine rings is 1. The molecule has 1 aromatic carbocycles. The molecular formula is C15H14BrN3O. The zero-order chi connectivity index (χ0) is 14.2. The molecule has 5 heteroatoms. The van der Waals surface area contributed by atoms with Crippen molar-refractivity contribution >= 4 is 33.1 Å². The molecular weight excluding hydrogens is 318 g/mol. The van der Waals surface area contributed by atoms with Crippen LogP contribution in [0.5, 0.6) is 0 Å². The van der Waals surface area contributed by atoms with E-state index in [4.69, 9.17) is 0 Å². The van der Waals surface area contributed by atoms with Crippen LogP contribution >= 0.6 is 15.9 Å². The molecule has 0 atom stereocenters. The van der Waals surface area contributed by atoms with Crippen LogP contribution in [0.25, 0.3) is 5.57 Å². The summed E-state index contributed by atoms with van der Waals surface area (Å²) in [6.07, 6.45) is 3.93. The van der Waals surface area contributed by atoms with Crippen molar-refractivity contribution in [2.75, 3.05) is 12.0 Å². The molecule has 20 heavy (non-hydrogen) atoms. The van der Waals surface area contributed by atoms with Crippen LogP contribution in [-0.2, 0) is 4.79 Å². The van der Waals surface area contributed by atoms with Gasteiger partial charge < -0.3 is 5.43 Å². The molecule has 0 amide bonds. The van der Waals surface area contributed by atoms with Crippen molar-refractivity contribution in [2.24, 2.45) is 0 Å². The fourth-order valence-corrected chi connectivity index (χ4v) is 1.96. The monoisotopic (exact) mass is 331 g/mol. The van der Waals surface area contributed by atoms with E-state index in [2.05, 4.69) is 31.8 Å². The highest BCUT2D eigenvalue weighted by Gasteiger charge is 2.02. The number of aromatic nitrogens is 1. The summed E-state index contributed by atoms with van der Waals surface area (Å²) in [6, 6.07) is 11.4. The predicted octanol–water partition coefficient (Wildman–Crippen LogP) is 3.07. The standard InChI is InChI=1S/C15H14BrN3O/c16-14-1-3-15(4-2-14)19-18-10-7-13(11-20)12-5-8-17-9-6-12/h1-6,8-9,18-19H,7,10H2. The summed E-state index contributed by atoms with van der Waals surface area (Å²) in [7, 11) is 0. The minimum atomic E-state index is 0.594. The first-order valence-corrected chi connectivity index (χ1v) is 6.97. The van der Waals surface area contributed by atoms with E-state index in [1.165, 1.54) is 0 Å². The van der Waals surface area contributed by atoms with Gasteiger partial charge in [0.2, 0.25) is 0 Å². The van der Waals surface area contributed by atoms with Gasteiger partial charge in [-0.05, 0) is 48.4 Å². The Bertz CT molecular complexity index is 592. The van der Waals surface area contributed by atoms with Gasteiger partial charge in [-0.15, -0.1) is 0 Å². The van der Waals surface area contributed by atoms with Crippen molar-refractivity contribution in [3.05, 3.63) is 58.8 Å². The van der Waals surface area contributed by atoms with Gasteiger partial charge >= 0.3 is 0 Å². The van der Waals surface area contributed by atoms with Crippen molar-refractivity contribution in [1.29, 1.82) is 0 Å². The summed E-state index contributed by atoms with van der Waals surface area (Å²) in [5.41, 5.74) is 8.62. The Morgan fingerprint density at radius 2 is 1.85 bits per heavy atom. The van der Waals surface area contributed by atoms with Gasteiger partial charge in [0.1, 0.15) is 5.94 Å². The third-order valence-corrected chi connectivity index (χ3v) is 3.26. The highest BCUT2D eigenvalue weighted by atomic mass is 79.9. The van der Waals surface area contributed by atoms with Crippen LogP contribution in [-0.4, -0.2) is 17.5 Å². The lowest BCUT2D eigenvalue weighted by molar-refractivity contribution is 0.568. The number of carbonyl (C=O) groups excluding carboxylic acids is 1. The van der Waals surface area contributed by atoms with E-state index in [0.29, 0.717) is 18.5 Å². The molecule has 102 valence electrons. The first-order chi connectivity index (χ1) is 9.79. The van der Waals surface area contributed by atoms with Crippen LogP contribution < -0.4 is 10.9 Å². The zero-order valence-electron chi connectivity index (χ0n) is 10.8. The van der Waals surface area contributed by atoms with Gasteiger partial charge in [0, 0.05) is 34.7 Å². The summed E-state index contributed by atoms with van der Waals surface area (Å²) >= 11 is 3.38. The van der Waals surface area contributed by atoms with Crippen LogP contribution in [0.15, 0.2) is 53.3 Å². The van der Waals surface area contributed by atoms with E-state index in [0.717, 1.165) is 15.7 Å². The lowest BCUT2D eigenvalue weighted by Gasteiger charge is -2.09. The molecule has 0 aliphatic carbocycles. The number of nitrogens with one attached hydrogen (secondary N) is 2. The number of halogens is 1. The fraction of sp³-hybridized carbons (Fsp3) is 0.133. The quantitative estimate of drug-likeness (QED) is 0.485. The lowest BCUT2D eigenvalue weighted by Crippen LogP contribution is -2.22. The minimum absolute atomic E-state index is 0.594. The summed E-state index contributed by atoms with van der Waals surface area (Å²) in [6.45, 7) is 0.628. The highest BCUT2D eigenvalue weighted by molar-refractivity contribution is 9.10. The Morgan fingerprint density at radius 3 is 2.50 bits per heavy atom. The molecule has 0 saturated heterocycles. The average molecular weight is 332 g/mol. The first-order valence-electron chi connectivity index (χ1n) is 6.18. The van der Waals surface area contributed by atoms with E-state index in [-0.39, 0.29) is 0 Å². The van der Waals surface area contributed by atoms with Crippen molar-refractivity contribution in [2.45, 2.75) is 6.42 Å². The average Bonchev–Trinajstić information content (AvgIpc) is 2.50. The maximum absolute atomic E-state index is 11.0. The second kappa shape index (κ2) is 7.60. The fourth-order valence-electron chi connectivity index (χ4n) is 1.69. The number of benzene rings is 1. The van der Waals surface area contributed by atoms with E-state index in [1.807, 2.05) is 42.3 Å². The van der Waals surface area contributed by atoms with Crippen LogP contribution in [0.3, 0.4) is 0 Å². The largest absolute Gasteiger partial charge is 0.321 e. The van der Waals surface area contributed by atoms with Gasteiger partial charge in [0.15, 0.2) is 0 Å². The molecule has 0 fully saturated rings. The lowest BCUT2D eigenvalue weighted by atomic mass is 10.1. The van der Waals surface area contributed by atoms with Gasteiger partial charge in [0.05, 0.1) is 0 Å². The van der Waals surface area contributed by atoms with Crippen molar-refractivity contribution in [3.63, 3.8) is 0 Å². The Labute approximate surface area is 126 Å². The normalized spacial score (nSPS) is 9.85. The molecule has 0 spiro atoms. The molecule has 0 radical (unpaired) electrons. The van der Waals surface area contributed by atoms with Gasteiger partial charge in [-0.25, -0.2) is 10.2 Å². The van der Waals surface area contributed by atoms with E-state index in [9.17, 15) is 4.79 Å². The molecule has 0 bridgehead atoms. The smallest absolute Gasteiger partial charge is 0.128 e. The molecule has 0 aliphatic heterocycles. The Kier molecular flexibility index (Phi) is 5.50. The Morgan fingerprint density at radius 1 is 1.15 bits per heavy atom. The van der Waals surface area contributed by atoms with Gasteiger partial charge in [-0.1, -0.05) is 15.9 Å². The third kappa shape index (κ3) is 4.31. The molecule has 0 aliphatic rings. The van der Waals surface area contributed by atoms with Crippen molar-refractivity contribution in [3.8, 4) is 0 Å². The number of hydrogen-bond donors (Lipinski definition) is 2. The van der Waals surface area contributed by atoms with Crippen LogP contribution in [0.2, 0.25) is 0 Å². The number of hydrazine groups is 1.